The number of hydrogen-bond donors (Lipinski definition) is 0. The van der Waals surface area contributed by atoms with Crippen molar-refractivity contribution in [1.82, 2.24) is 10.1 Å². The molecule has 0 saturated carbocycles. The molecule has 1 saturated heterocycles. The Morgan fingerprint density at radius 1 is 1.20 bits per heavy atom. The van der Waals surface area contributed by atoms with Gasteiger partial charge in [-0.2, -0.15) is 4.98 Å². The maximum Gasteiger partial charge on any atom is 0.293 e. The van der Waals surface area contributed by atoms with Gasteiger partial charge in [0.25, 0.3) is 5.89 Å². The molecule has 0 radical (unpaired) electrons. The van der Waals surface area contributed by atoms with Gasteiger partial charge in [-0.3, -0.25) is 4.79 Å². The molecule has 1 fully saturated rings. The van der Waals surface area contributed by atoms with Crippen LogP contribution in [-0.2, 0) is 10.2 Å². The van der Waals surface area contributed by atoms with Gasteiger partial charge in [0.2, 0.25) is 5.78 Å². The average Bonchev–Trinajstić information content (AvgIpc) is 2.99. The molecule has 2 heterocycles. The summed E-state index contributed by atoms with van der Waals surface area (Å²) in [6, 6.07) is 10.1. The second-order valence-corrected chi connectivity index (χ2v) is 5.04. The van der Waals surface area contributed by atoms with Crippen LogP contribution in [0.1, 0.15) is 41.8 Å². The van der Waals surface area contributed by atoms with Gasteiger partial charge in [0, 0.05) is 20.1 Å². The third kappa shape index (κ3) is 2.14. The van der Waals surface area contributed by atoms with Crippen LogP contribution in [0.4, 0.5) is 0 Å². The van der Waals surface area contributed by atoms with Crippen LogP contribution in [0, 0.1) is 0 Å². The van der Waals surface area contributed by atoms with E-state index in [0.29, 0.717) is 19.0 Å². The summed E-state index contributed by atoms with van der Waals surface area (Å²) in [7, 11) is 0. The minimum absolute atomic E-state index is 0.0711. The number of ether oxygens (including phenoxy) is 1. The molecule has 0 bridgehead atoms. The number of hydrogen-bond acceptors (Lipinski definition) is 5. The third-order valence-corrected chi connectivity index (χ3v) is 3.83. The Morgan fingerprint density at radius 3 is 2.50 bits per heavy atom. The molecule has 0 unspecified atom stereocenters. The van der Waals surface area contributed by atoms with E-state index in [1.807, 2.05) is 18.2 Å². The van der Waals surface area contributed by atoms with Crippen LogP contribution in [0.15, 0.2) is 34.9 Å². The maximum absolute atomic E-state index is 11.4. The molecule has 1 aliphatic rings. The molecule has 20 heavy (non-hydrogen) atoms. The number of carbonyl (C=O) groups is 1. The first-order valence-electron chi connectivity index (χ1n) is 6.71. The van der Waals surface area contributed by atoms with E-state index in [-0.39, 0.29) is 17.1 Å². The second-order valence-electron chi connectivity index (χ2n) is 5.04. The fourth-order valence-corrected chi connectivity index (χ4v) is 2.68. The lowest BCUT2D eigenvalue weighted by Crippen LogP contribution is -2.36. The van der Waals surface area contributed by atoms with Gasteiger partial charge in [-0.25, -0.2) is 0 Å². The molecule has 3 rings (SSSR count). The van der Waals surface area contributed by atoms with Crippen LogP contribution >= 0.6 is 0 Å². The summed E-state index contributed by atoms with van der Waals surface area (Å²) in [4.78, 5) is 15.7. The van der Waals surface area contributed by atoms with Gasteiger partial charge in [0.1, 0.15) is 0 Å². The number of benzene rings is 1. The van der Waals surface area contributed by atoms with Crippen molar-refractivity contribution >= 4 is 5.78 Å². The van der Waals surface area contributed by atoms with Crippen LogP contribution in [0.2, 0.25) is 0 Å². The predicted molar refractivity (Wildman–Crippen MR) is 71.6 cm³/mol. The number of rotatable bonds is 3. The molecule has 0 amide bonds. The molecule has 104 valence electrons. The zero-order chi connectivity index (χ0) is 14.0. The van der Waals surface area contributed by atoms with E-state index in [4.69, 9.17) is 9.26 Å². The van der Waals surface area contributed by atoms with Gasteiger partial charge in [0.05, 0.1) is 5.41 Å². The average molecular weight is 272 g/mol. The monoisotopic (exact) mass is 272 g/mol. The summed E-state index contributed by atoms with van der Waals surface area (Å²) in [5, 5.41) is 4.05. The van der Waals surface area contributed by atoms with Gasteiger partial charge in [-0.05, 0) is 18.4 Å². The zero-order valence-electron chi connectivity index (χ0n) is 11.3. The quantitative estimate of drug-likeness (QED) is 0.802. The Kier molecular flexibility index (Phi) is 3.36. The van der Waals surface area contributed by atoms with E-state index in [2.05, 4.69) is 22.3 Å². The fraction of sp³-hybridized carbons (Fsp3) is 0.400. The van der Waals surface area contributed by atoms with Crippen molar-refractivity contribution in [2.75, 3.05) is 13.2 Å². The van der Waals surface area contributed by atoms with E-state index in [1.165, 1.54) is 6.92 Å². The molecule has 5 nitrogen and oxygen atoms in total. The molecule has 1 aromatic heterocycles. The third-order valence-electron chi connectivity index (χ3n) is 3.83. The van der Waals surface area contributed by atoms with E-state index in [0.717, 1.165) is 18.4 Å². The fourth-order valence-electron chi connectivity index (χ4n) is 2.68. The summed E-state index contributed by atoms with van der Waals surface area (Å²) in [5.41, 5.74) is 0.815. The molecule has 0 spiro atoms. The second kappa shape index (κ2) is 5.17. The van der Waals surface area contributed by atoms with Crippen LogP contribution in [-0.4, -0.2) is 29.1 Å². The lowest BCUT2D eigenvalue weighted by atomic mass is 9.73. The molecular formula is C15H16N2O3. The van der Waals surface area contributed by atoms with E-state index in [9.17, 15) is 4.79 Å². The van der Waals surface area contributed by atoms with Crippen molar-refractivity contribution in [2.45, 2.75) is 25.2 Å². The molecule has 0 N–H and O–H groups in total. The van der Waals surface area contributed by atoms with Crippen molar-refractivity contribution in [2.24, 2.45) is 0 Å². The van der Waals surface area contributed by atoms with Crippen molar-refractivity contribution in [1.29, 1.82) is 0 Å². The molecular weight excluding hydrogens is 256 g/mol. The largest absolute Gasteiger partial charge is 0.381 e. The van der Waals surface area contributed by atoms with Crippen molar-refractivity contribution in [3.8, 4) is 0 Å². The summed E-state index contributed by atoms with van der Waals surface area (Å²) in [6.07, 6.45) is 1.57. The molecule has 0 atom stereocenters. The standard InChI is InChI=1S/C15H16N2O3/c1-11(18)13-16-14(17-20-13)15(7-9-19-10-8-15)12-5-3-2-4-6-12/h2-6H,7-10H2,1H3. The van der Waals surface area contributed by atoms with Crippen LogP contribution < -0.4 is 0 Å². The Labute approximate surface area is 116 Å². The highest BCUT2D eigenvalue weighted by Crippen LogP contribution is 2.39. The first-order valence-corrected chi connectivity index (χ1v) is 6.71. The lowest BCUT2D eigenvalue weighted by Gasteiger charge is -2.34. The van der Waals surface area contributed by atoms with Gasteiger partial charge >= 0.3 is 0 Å². The van der Waals surface area contributed by atoms with Crippen molar-refractivity contribution < 1.29 is 14.1 Å². The van der Waals surface area contributed by atoms with Gasteiger partial charge in [-0.1, -0.05) is 35.5 Å². The van der Waals surface area contributed by atoms with Crippen LogP contribution in [0.5, 0.6) is 0 Å². The first kappa shape index (κ1) is 13.0. The summed E-state index contributed by atoms with van der Waals surface area (Å²) in [6.45, 7) is 2.73. The lowest BCUT2D eigenvalue weighted by molar-refractivity contribution is 0.0597. The topological polar surface area (TPSA) is 65.2 Å². The Morgan fingerprint density at radius 2 is 1.90 bits per heavy atom. The molecule has 1 aliphatic heterocycles. The zero-order valence-corrected chi connectivity index (χ0v) is 11.3. The van der Waals surface area contributed by atoms with Crippen LogP contribution in [0.3, 0.4) is 0 Å². The van der Waals surface area contributed by atoms with Gasteiger partial charge in [0.15, 0.2) is 5.82 Å². The SMILES string of the molecule is CC(=O)c1nc(C2(c3ccccc3)CCOCC2)no1. The molecule has 0 aliphatic carbocycles. The number of carbonyl (C=O) groups excluding carboxylic acids is 1. The Balaban J connectivity index is 2.07. The highest BCUT2D eigenvalue weighted by molar-refractivity contribution is 5.89. The van der Waals surface area contributed by atoms with E-state index >= 15 is 0 Å². The smallest absolute Gasteiger partial charge is 0.293 e. The highest BCUT2D eigenvalue weighted by Gasteiger charge is 2.40. The van der Waals surface area contributed by atoms with Gasteiger partial charge in [-0.15, -0.1) is 0 Å². The summed E-state index contributed by atoms with van der Waals surface area (Å²) < 4.78 is 10.5. The number of nitrogens with zero attached hydrogens (tertiary/aromatic N) is 2. The minimum atomic E-state index is -0.323. The normalized spacial score (nSPS) is 17.9. The highest BCUT2D eigenvalue weighted by atomic mass is 16.5. The number of ketones is 1. The maximum atomic E-state index is 11.4. The molecule has 2 aromatic rings. The number of Topliss-reactive ketones (excluding diaryl/α,β-unsaturated/α-hetero) is 1. The van der Waals surface area contributed by atoms with Gasteiger partial charge < -0.3 is 9.26 Å². The van der Waals surface area contributed by atoms with Crippen LogP contribution in [0.25, 0.3) is 0 Å². The Bertz CT molecular complexity index is 601. The summed E-state index contributed by atoms with van der Waals surface area (Å²) >= 11 is 0. The Hall–Kier alpha value is -2.01. The van der Waals surface area contributed by atoms with Crippen molar-refractivity contribution in [3.63, 3.8) is 0 Å². The predicted octanol–water partition coefficient (Wildman–Crippen LogP) is 2.37. The van der Waals surface area contributed by atoms with E-state index < -0.39 is 0 Å². The minimum Gasteiger partial charge on any atom is -0.381 e. The summed E-state index contributed by atoms with van der Waals surface area (Å²) in [5.74, 6) is 0.443. The number of aromatic nitrogens is 2. The van der Waals surface area contributed by atoms with E-state index in [1.54, 1.807) is 0 Å². The first-order chi connectivity index (χ1) is 9.72. The molecule has 1 aromatic carbocycles. The molecule has 5 heteroatoms. The van der Waals surface area contributed by atoms with Crippen molar-refractivity contribution in [3.05, 3.63) is 47.6 Å².